The van der Waals surface area contributed by atoms with Crippen molar-refractivity contribution in [2.75, 3.05) is 0 Å². The van der Waals surface area contributed by atoms with Crippen molar-refractivity contribution >= 4 is 25.4 Å². The van der Waals surface area contributed by atoms with E-state index < -0.39 is 25.4 Å². The maximum absolute atomic E-state index is 10.9. The van der Waals surface area contributed by atoms with E-state index in [4.69, 9.17) is 8.23 Å². The van der Waals surface area contributed by atoms with Gasteiger partial charge in [0.05, 0.1) is 0 Å². The second-order valence-corrected chi connectivity index (χ2v) is 17.1. The van der Waals surface area contributed by atoms with E-state index in [1.165, 1.54) is 12.8 Å². The Labute approximate surface area is 128 Å². The predicted molar refractivity (Wildman–Crippen MR) is 94.4 cm³/mol. The van der Waals surface area contributed by atoms with Crippen LogP contribution >= 0.6 is 0 Å². The highest BCUT2D eigenvalue weighted by molar-refractivity contribution is 6.89. The summed E-state index contributed by atoms with van der Waals surface area (Å²) in [6, 6.07) is 0.640. The van der Waals surface area contributed by atoms with Gasteiger partial charge in [-0.3, -0.25) is 0 Å². The van der Waals surface area contributed by atoms with E-state index in [0.29, 0.717) is 6.04 Å². The van der Waals surface area contributed by atoms with Gasteiger partial charge >= 0.3 is 8.80 Å². The standard InChI is InChI=1S/C14H32O3Si3/c1-8-11-12-13-14-20(15,16-18(4,5)9-2)17-19(6,7)10-3/h9-10,15H,2-3,8,11-14H2,1,4-7H3. The number of hydrogen-bond donors (Lipinski definition) is 1. The predicted octanol–water partition coefficient (Wildman–Crippen LogP) is 4.39. The van der Waals surface area contributed by atoms with Crippen LogP contribution in [-0.2, 0) is 8.23 Å². The van der Waals surface area contributed by atoms with Crippen LogP contribution in [0, 0.1) is 0 Å². The van der Waals surface area contributed by atoms with Gasteiger partial charge in [-0.15, -0.1) is 13.2 Å². The molecule has 0 amide bonds. The van der Waals surface area contributed by atoms with Crippen LogP contribution < -0.4 is 0 Å². The molecule has 0 atom stereocenters. The zero-order valence-corrected chi connectivity index (χ0v) is 16.9. The van der Waals surface area contributed by atoms with Crippen molar-refractivity contribution in [3.05, 3.63) is 24.6 Å². The monoisotopic (exact) mass is 332 g/mol. The first kappa shape index (κ1) is 20.0. The van der Waals surface area contributed by atoms with E-state index in [0.717, 1.165) is 12.8 Å². The summed E-state index contributed by atoms with van der Waals surface area (Å²) in [4.78, 5) is 10.9. The third-order valence-corrected chi connectivity index (χ3v) is 12.9. The van der Waals surface area contributed by atoms with Crippen molar-refractivity contribution in [1.82, 2.24) is 0 Å². The smallest absolute Gasteiger partial charge is 0.412 e. The van der Waals surface area contributed by atoms with Crippen LogP contribution in [0.4, 0.5) is 0 Å². The van der Waals surface area contributed by atoms with Crippen LogP contribution in [0.5, 0.6) is 0 Å². The molecule has 0 fully saturated rings. The number of rotatable bonds is 11. The van der Waals surface area contributed by atoms with E-state index in [1.807, 2.05) is 37.6 Å². The van der Waals surface area contributed by atoms with Gasteiger partial charge in [-0.1, -0.05) is 37.6 Å². The average Bonchev–Trinajstić information content (AvgIpc) is 2.33. The fraction of sp³-hybridized carbons (Fsp3) is 0.714. The zero-order valence-electron chi connectivity index (χ0n) is 13.9. The minimum Gasteiger partial charge on any atom is -0.412 e. The molecular weight excluding hydrogens is 300 g/mol. The highest BCUT2D eigenvalue weighted by Gasteiger charge is 2.45. The Hall–Kier alpha value is 0.0106. The van der Waals surface area contributed by atoms with Crippen LogP contribution in [0.3, 0.4) is 0 Å². The Morgan fingerprint density at radius 2 is 1.35 bits per heavy atom. The Kier molecular flexibility index (Phi) is 8.46. The molecule has 0 spiro atoms. The molecule has 0 bridgehead atoms. The van der Waals surface area contributed by atoms with Gasteiger partial charge < -0.3 is 13.0 Å². The van der Waals surface area contributed by atoms with Crippen LogP contribution in [0.1, 0.15) is 32.6 Å². The summed E-state index contributed by atoms with van der Waals surface area (Å²) in [5.41, 5.74) is 3.70. The first-order valence-electron chi connectivity index (χ1n) is 7.49. The molecular formula is C14H32O3Si3. The summed E-state index contributed by atoms with van der Waals surface area (Å²) in [5, 5.41) is 0. The molecule has 0 aliphatic rings. The van der Waals surface area contributed by atoms with Gasteiger partial charge in [-0.2, -0.15) is 0 Å². The molecule has 6 heteroatoms. The second kappa shape index (κ2) is 8.45. The summed E-state index contributed by atoms with van der Waals surface area (Å²) in [7, 11) is -7.24. The fourth-order valence-corrected chi connectivity index (χ4v) is 11.1. The van der Waals surface area contributed by atoms with Crippen LogP contribution in [0.25, 0.3) is 0 Å². The van der Waals surface area contributed by atoms with Gasteiger partial charge in [0.25, 0.3) is 0 Å². The highest BCUT2D eigenvalue weighted by atomic mass is 28.5. The lowest BCUT2D eigenvalue weighted by atomic mass is 10.2. The normalized spacial score (nSPS) is 13.3. The Morgan fingerprint density at radius 1 is 0.900 bits per heavy atom. The van der Waals surface area contributed by atoms with Gasteiger partial charge in [0.15, 0.2) is 0 Å². The Morgan fingerprint density at radius 3 is 1.70 bits per heavy atom. The largest absolute Gasteiger partial charge is 0.477 e. The highest BCUT2D eigenvalue weighted by Crippen LogP contribution is 2.25. The van der Waals surface area contributed by atoms with Crippen molar-refractivity contribution < 1.29 is 13.0 Å². The summed E-state index contributed by atoms with van der Waals surface area (Å²) < 4.78 is 12.1. The zero-order chi connectivity index (χ0) is 15.9. The quantitative estimate of drug-likeness (QED) is 0.450. The summed E-state index contributed by atoms with van der Waals surface area (Å²) in [6.07, 6.45) is 4.45. The van der Waals surface area contributed by atoms with E-state index in [1.54, 1.807) is 0 Å². The molecule has 0 aliphatic heterocycles. The van der Waals surface area contributed by atoms with E-state index in [9.17, 15) is 4.80 Å². The van der Waals surface area contributed by atoms with Gasteiger partial charge in [0, 0.05) is 6.04 Å². The number of unbranched alkanes of at least 4 members (excludes halogenated alkanes) is 3. The maximum atomic E-state index is 10.9. The maximum Gasteiger partial charge on any atom is 0.477 e. The van der Waals surface area contributed by atoms with Gasteiger partial charge in [0.1, 0.15) is 0 Å². The van der Waals surface area contributed by atoms with Crippen molar-refractivity contribution in [1.29, 1.82) is 0 Å². The molecule has 0 heterocycles. The number of hydrogen-bond acceptors (Lipinski definition) is 3. The molecule has 0 aromatic heterocycles. The van der Waals surface area contributed by atoms with Crippen LogP contribution in [0.2, 0.25) is 32.2 Å². The lowest BCUT2D eigenvalue weighted by Gasteiger charge is -2.36. The van der Waals surface area contributed by atoms with Crippen molar-refractivity contribution in [2.24, 2.45) is 0 Å². The third kappa shape index (κ3) is 8.33. The summed E-state index contributed by atoms with van der Waals surface area (Å²) in [5.74, 6) is 0. The van der Waals surface area contributed by atoms with Crippen LogP contribution in [-0.4, -0.2) is 30.2 Å². The second-order valence-electron chi connectivity index (χ2n) is 6.34. The topological polar surface area (TPSA) is 38.7 Å². The average molecular weight is 333 g/mol. The van der Waals surface area contributed by atoms with Gasteiger partial charge in [0.2, 0.25) is 16.6 Å². The summed E-state index contributed by atoms with van der Waals surface area (Å²) >= 11 is 0. The van der Waals surface area contributed by atoms with Crippen LogP contribution in [0.15, 0.2) is 24.6 Å². The van der Waals surface area contributed by atoms with Gasteiger partial charge in [-0.25, -0.2) is 0 Å². The van der Waals surface area contributed by atoms with Crippen molar-refractivity contribution in [2.45, 2.75) is 64.8 Å². The Bertz CT molecular complexity index is 295. The lowest BCUT2D eigenvalue weighted by Crippen LogP contribution is -2.55. The molecule has 0 saturated heterocycles. The minimum atomic E-state index is -3.13. The van der Waals surface area contributed by atoms with E-state index in [2.05, 4.69) is 20.1 Å². The third-order valence-electron chi connectivity index (χ3n) is 3.17. The molecule has 0 saturated carbocycles. The van der Waals surface area contributed by atoms with Crippen molar-refractivity contribution in [3.63, 3.8) is 0 Å². The van der Waals surface area contributed by atoms with Crippen molar-refractivity contribution in [3.8, 4) is 0 Å². The molecule has 0 aromatic carbocycles. The molecule has 1 N–H and O–H groups in total. The molecule has 0 unspecified atom stereocenters. The SMILES string of the molecule is C=C[Si](C)(C)O[Si](O)(CCCCCC)O[Si](C)(C)C=C. The molecule has 118 valence electrons. The fourth-order valence-electron chi connectivity index (χ4n) is 1.80. The first-order valence-corrected chi connectivity index (χ1v) is 15.4. The molecule has 20 heavy (non-hydrogen) atoms. The molecule has 0 aromatic rings. The molecule has 0 rings (SSSR count). The van der Waals surface area contributed by atoms with E-state index in [-0.39, 0.29) is 0 Å². The Balaban J connectivity index is 4.83. The summed E-state index contributed by atoms with van der Waals surface area (Å²) in [6.45, 7) is 18.0. The molecule has 3 nitrogen and oxygen atoms in total. The minimum absolute atomic E-state index is 0.640. The first-order chi connectivity index (χ1) is 9.10. The van der Waals surface area contributed by atoms with Gasteiger partial charge in [-0.05, 0) is 32.6 Å². The molecule has 0 aliphatic carbocycles. The lowest BCUT2D eigenvalue weighted by molar-refractivity contribution is 0.244. The van der Waals surface area contributed by atoms with E-state index >= 15 is 0 Å². The molecule has 0 radical (unpaired) electrons.